The smallest absolute Gasteiger partial charge is 0.243 e. The van der Waals surface area contributed by atoms with Crippen LogP contribution in [0.25, 0.3) is 0 Å². The van der Waals surface area contributed by atoms with Crippen molar-refractivity contribution >= 4 is 27.3 Å². The number of rotatable bonds is 6. The lowest BCUT2D eigenvalue weighted by atomic mass is 10.2. The van der Waals surface area contributed by atoms with Crippen molar-refractivity contribution in [3.05, 3.63) is 54.1 Å². The van der Waals surface area contributed by atoms with E-state index in [1.807, 2.05) is 30.3 Å². The number of nitrogens with zero attached hydrogens (tertiary/aromatic N) is 3. The number of likely N-dealkylation sites (N-methyl/N-ethyl adjacent to an activating group) is 1. The molecule has 0 aromatic heterocycles. The Hall–Kier alpha value is -2.89. The number of nitrogens with one attached hydrogen (secondary N) is 1. The Bertz CT molecular complexity index is 991. The fraction of sp³-hybridized carbons (Fsp3) is 0.300. The van der Waals surface area contributed by atoms with E-state index in [1.54, 1.807) is 0 Å². The number of nitriles is 1. The summed E-state index contributed by atoms with van der Waals surface area (Å²) in [5, 5.41) is 11.7. The van der Waals surface area contributed by atoms with Gasteiger partial charge in [-0.1, -0.05) is 12.1 Å². The minimum absolute atomic E-state index is 0.0410. The molecule has 146 valence electrons. The molecule has 0 aliphatic carbocycles. The van der Waals surface area contributed by atoms with E-state index in [9.17, 15) is 13.2 Å². The number of sulfonamides is 1. The van der Waals surface area contributed by atoms with Crippen molar-refractivity contribution in [3.63, 3.8) is 0 Å². The molecule has 1 aliphatic rings. The van der Waals surface area contributed by atoms with Crippen molar-refractivity contribution in [1.82, 2.24) is 4.31 Å². The lowest BCUT2D eigenvalue weighted by Crippen LogP contribution is -2.35. The van der Waals surface area contributed by atoms with Gasteiger partial charge in [-0.2, -0.15) is 9.57 Å². The van der Waals surface area contributed by atoms with Gasteiger partial charge in [0.1, 0.15) is 0 Å². The number of carbonyl (C=O) groups is 1. The number of hydrogen-bond acceptors (Lipinski definition) is 5. The first-order chi connectivity index (χ1) is 13.4. The second-order valence-corrected chi connectivity index (χ2v) is 8.70. The van der Waals surface area contributed by atoms with E-state index in [-0.39, 0.29) is 11.4 Å². The van der Waals surface area contributed by atoms with E-state index in [1.165, 1.54) is 31.3 Å². The summed E-state index contributed by atoms with van der Waals surface area (Å²) in [6.45, 7) is 1.58. The quantitative estimate of drug-likeness (QED) is 0.807. The van der Waals surface area contributed by atoms with Crippen LogP contribution >= 0.6 is 0 Å². The molecule has 1 aliphatic heterocycles. The molecule has 1 saturated heterocycles. The third-order valence-corrected chi connectivity index (χ3v) is 6.50. The zero-order chi connectivity index (χ0) is 20.1. The number of amides is 1. The highest BCUT2D eigenvalue weighted by Crippen LogP contribution is 2.28. The largest absolute Gasteiger partial charge is 0.370 e. The van der Waals surface area contributed by atoms with E-state index < -0.39 is 15.9 Å². The van der Waals surface area contributed by atoms with Crippen molar-refractivity contribution < 1.29 is 13.2 Å². The van der Waals surface area contributed by atoms with Crippen LogP contribution in [0.5, 0.6) is 0 Å². The first-order valence-corrected chi connectivity index (χ1v) is 10.5. The van der Waals surface area contributed by atoms with Gasteiger partial charge in [0, 0.05) is 20.1 Å². The number of carbonyl (C=O) groups excluding carboxylic acids is 1. The van der Waals surface area contributed by atoms with Gasteiger partial charge in [0.25, 0.3) is 0 Å². The first-order valence-electron chi connectivity index (χ1n) is 9.02. The Morgan fingerprint density at radius 1 is 1.14 bits per heavy atom. The molecule has 1 fully saturated rings. The molecule has 8 heteroatoms. The molecule has 3 rings (SSSR count). The topological polar surface area (TPSA) is 93.5 Å². The predicted octanol–water partition coefficient (Wildman–Crippen LogP) is 2.42. The first kappa shape index (κ1) is 19.9. The Kier molecular flexibility index (Phi) is 5.97. The molecular weight excluding hydrogens is 376 g/mol. The van der Waals surface area contributed by atoms with Crippen LogP contribution in [-0.4, -0.2) is 45.3 Å². The van der Waals surface area contributed by atoms with Gasteiger partial charge >= 0.3 is 0 Å². The van der Waals surface area contributed by atoms with Gasteiger partial charge in [-0.15, -0.1) is 0 Å². The second-order valence-electron chi connectivity index (χ2n) is 6.66. The van der Waals surface area contributed by atoms with Crippen LogP contribution in [0.3, 0.4) is 0 Å². The monoisotopic (exact) mass is 398 g/mol. The maximum absolute atomic E-state index is 12.7. The summed E-state index contributed by atoms with van der Waals surface area (Å²) in [5.74, 6) is -0.411. The average molecular weight is 398 g/mol. The number of anilines is 2. The van der Waals surface area contributed by atoms with Gasteiger partial charge in [-0.25, -0.2) is 8.42 Å². The van der Waals surface area contributed by atoms with Crippen molar-refractivity contribution in [1.29, 1.82) is 5.26 Å². The van der Waals surface area contributed by atoms with Gasteiger partial charge in [0.2, 0.25) is 15.9 Å². The lowest BCUT2D eigenvalue weighted by molar-refractivity contribution is -0.116. The van der Waals surface area contributed by atoms with E-state index in [0.29, 0.717) is 11.3 Å². The highest BCUT2D eigenvalue weighted by Gasteiger charge is 2.24. The Labute approximate surface area is 165 Å². The highest BCUT2D eigenvalue weighted by molar-refractivity contribution is 7.89. The molecule has 0 atom stereocenters. The van der Waals surface area contributed by atoms with Crippen molar-refractivity contribution in [2.24, 2.45) is 0 Å². The maximum Gasteiger partial charge on any atom is 0.243 e. The number of benzene rings is 2. The average Bonchev–Trinajstić information content (AvgIpc) is 3.23. The van der Waals surface area contributed by atoms with Gasteiger partial charge in [0.15, 0.2) is 0 Å². The van der Waals surface area contributed by atoms with E-state index in [2.05, 4.69) is 10.2 Å². The normalized spacial score (nSPS) is 14.1. The summed E-state index contributed by atoms with van der Waals surface area (Å²) in [7, 11) is -2.46. The zero-order valence-corrected chi connectivity index (χ0v) is 16.4. The standard InChI is InChI=1S/C20H22N4O3S/c1-23(28(26,27)17-10-8-16(14-21)9-11-17)15-20(25)22-18-6-2-3-7-19(18)24-12-4-5-13-24/h2-3,6-11H,4-5,12-13,15H2,1H3,(H,22,25). The van der Waals surface area contributed by atoms with E-state index in [0.717, 1.165) is 35.9 Å². The van der Waals surface area contributed by atoms with Gasteiger partial charge in [0.05, 0.1) is 34.4 Å². The van der Waals surface area contributed by atoms with Crippen molar-refractivity contribution in [2.45, 2.75) is 17.7 Å². The molecule has 2 aromatic carbocycles. The molecule has 1 amide bonds. The molecule has 0 saturated carbocycles. The van der Waals surface area contributed by atoms with Crippen LogP contribution in [0.15, 0.2) is 53.4 Å². The summed E-state index contributed by atoms with van der Waals surface area (Å²) in [4.78, 5) is 14.7. The van der Waals surface area contributed by atoms with E-state index >= 15 is 0 Å². The van der Waals surface area contributed by atoms with Crippen molar-refractivity contribution in [2.75, 3.05) is 36.9 Å². The minimum atomic E-state index is -3.82. The molecule has 0 bridgehead atoms. The third-order valence-electron chi connectivity index (χ3n) is 4.68. The van der Waals surface area contributed by atoms with Gasteiger partial charge in [-0.3, -0.25) is 4.79 Å². The van der Waals surface area contributed by atoms with E-state index in [4.69, 9.17) is 5.26 Å². The lowest BCUT2D eigenvalue weighted by Gasteiger charge is -2.22. The Morgan fingerprint density at radius 2 is 1.79 bits per heavy atom. The Balaban J connectivity index is 1.70. The molecule has 0 unspecified atom stereocenters. The van der Waals surface area contributed by atoms with Crippen LogP contribution < -0.4 is 10.2 Å². The molecule has 7 nitrogen and oxygen atoms in total. The number of hydrogen-bond donors (Lipinski definition) is 1. The fourth-order valence-electron chi connectivity index (χ4n) is 3.17. The molecular formula is C20H22N4O3S. The predicted molar refractivity (Wildman–Crippen MR) is 107 cm³/mol. The summed E-state index contributed by atoms with van der Waals surface area (Å²) in [6, 6.07) is 15.1. The molecule has 1 N–H and O–H groups in total. The summed E-state index contributed by atoms with van der Waals surface area (Å²) in [5.41, 5.74) is 2.00. The molecule has 1 heterocycles. The SMILES string of the molecule is CN(CC(=O)Nc1ccccc1N1CCCC1)S(=O)(=O)c1ccc(C#N)cc1. The van der Waals surface area contributed by atoms with Gasteiger partial charge < -0.3 is 10.2 Å². The summed E-state index contributed by atoms with van der Waals surface area (Å²) < 4.78 is 26.3. The Morgan fingerprint density at radius 3 is 2.43 bits per heavy atom. The van der Waals surface area contributed by atoms with Crippen LogP contribution in [0.4, 0.5) is 11.4 Å². The molecule has 2 aromatic rings. The highest BCUT2D eigenvalue weighted by atomic mass is 32.2. The van der Waals surface area contributed by atoms with Crippen molar-refractivity contribution in [3.8, 4) is 6.07 Å². The third kappa shape index (κ3) is 4.32. The molecule has 0 spiro atoms. The molecule has 28 heavy (non-hydrogen) atoms. The molecule has 0 radical (unpaired) electrons. The second kappa shape index (κ2) is 8.42. The van der Waals surface area contributed by atoms with Gasteiger partial charge in [-0.05, 0) is 49.2 Å². The minimum Gasteiger partial charge on any atom is -0.370 e. The maximum atomic E-state index is 12.7. The van der Waals surface area contributed by atoms with Crippen LogP contribution in [0.1, 0.15) is 18.4 Å². The number of para-hydroxylation sites is 2. The van der Waals surface area contributed by atoms with Crippen LogP contribution in [0, 0.1) is 11.3 Å². The zero-order valence-electron chi connectivity index (χ0n) is 15.6. The summed E-state index contributed by atoms with van der Waals surface area (Å²) in [6.07, 6.45) is 2.24. The summed E-state index contributed by atoms with van der Waals surface area (Å²) >= 11 is 0. The van der Waals surface area contributed by atoms with Crippen LogP contribution in [0.2, 0.25) is 0 Å². The van der Waals surface area contributed by atoms with Crippen LogP contribution in [-0.2, 0) is 14.8 Å². The fourth-order valence-corrected chi connectivity index (χ4v) is 4.30.